The van der Waals surface area contributed by atoms with Gasteiger partial charge in [-0.2, -0.15) is 0 Å². The van der Waals surface area contributed by atoms with Crippen LogP contribution >= 0.6 is 0 Å². The van der Waals surface area contributed by atoms with Gasteiger partial charge in [0.25, 0.3) is 0 Å². The topological polar surface area (TPSA) is 82.0 Å². The Kier molecular flexibility index (Phi) is 2.80. The van der Waals surface area contributed by atoms with Gasteiger partial charge >= 0.3 is 0 Å². The minimum atomic E-state index is -0.961. The van der Waals surface area contributed by atoms with Crippen LogP contribution in [0.4, 0.5) is 0 Å². The molecule has 11 heavy (non-hydrogen) atoms. The molecule has 1 aliphatic rings. The molecule has 0 bridgehead atoms. The summed E-state index contributed by atoms with van der Waals surface area (Å²) in [4.78, 5) is 0. The molecule has 1 saturated heterocycles. The van der Waals surface area contributed by atoms with Crippen LogP contribution in [0.15, 0.2) is 0 Å². The van der Waals surface area contributed by atoms with Crippen molar-refractivity contribution in [1.82, 2.24) is 5.32 Å². The van der Waals surface area contributed by atoms with E-state index in [4.69, 9.17) is 9.84 Å². The molecule has 0 aromatic heterocycles. The molecule has 1 heterocycles. The molecule has 1 aliphatic heterocycles. The van der Waals surface area contributed by atoms with Crippen molar-refractivity contribution in [2.75, 3.05) is 13.7 Å². The van der Waals surface area contributed by atoms with Gasteiger partial charge in [-0.05, 0) is 0 Å². The van der Waals surface area contributed by atoms with Gasteiger partial charge in [-0.15, -0.1) is 0 Å². The Morgan fingerprint density at radius 1 is 1.36 bits per heavy atom. The predicted octanol–water partition coefficient (Wildman–Crippen LogP) is -2.36. The minimum Gasteiger partial charge on any atom is -0.395 e. The number of ether oxygens (including phenoxy) is 1. The summed E-state index contributed by atoms with van der Waals surface area (Å²) in [5.74, 6) is 0. The van der Waals surface area contributed by atoms with E-state index in [1.165, 1.54) is 7.11 Å². The number of methoxy groups -OCH3 is 1. The summed E-state index contributed by atoms with van der Waals surface area (Å²) in [6.07, 6.45) is -2.50. The normalized spacial score (nSPS) is 44.7. The molecule has 0 spiro atoms. The van der Waals surface area contributed by atoms with E-state index in [9.17, 15) is 10.2 Å². The lowest BCUT2D eigenvalue weighted by atomic mass is 10.1. The molecule has 0 aromatic carbocycles. The fourth-order valence-corrected chi connectivity index (χ4v) is 1.19. The summed E-state index contributed by atoms with van der Waals surface area (Å²) >= 11 is 0. The van der Waals surface area contributed by atoms with Crippen LogP contribution in [0.1, 0.15) is 0 Å². The lowest BCUT2D eigenvalue weighted by molar-refractivity contribution is -0.0435. The van der Waals surface area contributed by atoms with E-state index in [0.717, 1.165) is 0 Å². The Labute approximate surface area is 64.6 Å². The summed E-state index contributed by atoms with van der Waals surface area (Å²) in [6, 6.07) is -0.491. The predicted molar refractivity (Wildman–Crippen MR) is 36.8 cm³/mol. The zero-order valence-electron chi connectivity index (χ0n) is 6.27. The Balaban J connectivity index is 2.53. The van der Waals surface area contributed by atoms with Crippen LogP contribution in [0.5, 0.6) is 0 Å². The monoisotopic (exact) mass is 163 g/mol. The molecule has 5 nitrogen and oxygen atoms in total. The first-order valence-corrected chi connectivity index (χ1v) is 3.46. The first-order chi connectivity index (χ1) is 5.20. The van der Waals surface area contributed by atoms with E-state index >= 15 is 0 Å². The fraction of sp³-hybridized carbons (Fsp3) is 1.00. The van der Waals surface area contributed by atoms with Crippen molar-refractivity contribution in [3.63, 3.8) is 0 Å². The maximum Gasteiger partial charge on any atom is 0.136 e. The maximum absolute atomic E-state index is 9.21. The SMILES string of the molecule is CO[C@H]1N[C@H](CO)[C@@H](O)[C@@H]1O. The minimum absolute atomic E-state index is 0.210. The molecule has 0 amide bonds. The molecule has 0 radical (unpaired) electrons. The number of rotatable bonds is 2. The molecule has 66 valence electrons. The van der Waals surface area contributed by atoms with Gasteiger partial charge in [0.05, 0.1) is 12.6 Å². The van der Waals surface area contributed by atoms with Gasteiger partial charge in [-0.3, -0.25) is 5.32 Å². The van der Waals surface area contributed by atoms with Crippen molar-refractivity contribution in [1.29, 1.82) is 0 Å². The Bertz CT molecular complexity index is 114. The number of hydrogen-bond donors (Lipinski definition) is 4. The maximum atomic E-state index is 9.21. The summed E-state index contributed by atoms with van der Waals surface area (Å²) in [6.45, 7) is -0.210. The van der Waals surface area contributed by atoms with Crippen LogP contribution < -0.4 is 5.32 Å². The lowest BCUT2D eigenvalue weighted by Gasteiger charge is -2.12. The van der Waals surface area contributed by atoms with Gasteiger partial charge in [0.1, 0.15) is 18.4 Å². The van der Waals surface area contributed by atoms with E-state index in [1.54, 1.807) is 0 Å². The molecule has 0 unspecified atom stereocenters. The van der Waals surface area contributed by atoms with E-state index in [1.807, 2.05) is 0 Å². The molecule has 0 saturated carbocycles. The zero-order chi connectivity index (χ0) is 8.43. The smallest absolute Gasteiger partial charge is 0.136 e. The Hall–Kier alpha value is -0.200. The van der Waals surface area contributed by atoms with Crippen LogP contribution in [0.25, 0.3) is 0 Å². The average molecular weight is 163 g/mol. The molecular weight excluding hydrogens is 150 g/mol. The first kappa shape index (κ1) is 8.89. The van der Waals surface area contributed by atoms with Crippen LogP contribution in [-0.2, 0) is 4.74 Å². The highest BCUT2D eigenvalue weighted by atomic mass is 16.5. The summed E-state index contributed by atoms with van der Waals surface area (Å²) in [7, 11) is 1.42. The second kappa shape index (κ2) is 3.46. The highest BCUT2D eigenvalue weighted by Gasteiger charge is 2.40. The molecule has 4 N–H and O–H groups in total. The third-order valence-corrected chi connectivity index (χ3v) is 1.90. The second-order valence-electron chi connectivity index (χ2n) is 2.59. The van der Waals surface area contributed by atoms with Crippen LogP contribution in [-0.4, -0.2) is 53.5 Å². The first-order valence-electron chi connectivity index (χ1n) is 3.46. The van der Waals surface area contributed by atoms with Gasteiger partial charge < -0.3 is 20.1 Å². The number of aliphatic hydroxyl groups excluding tert-OH is 3. The molecular formula is C6H13NO4. The quantitative estimate of drug-likeness (QED) is 0.366. The van der Waals surface area contributed by atoms with Crippen LogP contribution in [0.3, 0.4) is 0 Å². The lowest BCUT2D eigenvalue weighted by Crippen LogP contribution is -2.36. The van der Waals surface area contributed by atoms with E-state index < -0.39 is 24.5 Å². The van der Waals surface area contributed by atoms with Crippen LogP contribution in [0, 0.1) is 0 Å². The standard InChI is InChI=1S/C6H13NO4/c1-11-6-5(10)4(9)3(2-8)7-6/h3-10H,2H2,1H3/t3-,4-,5+,6-/m1/s1. The van der Waals surface area contributed by atoms with Gasteiger partial charge in [-0.1, -0.05) is 0 Å². The van der Waals surface area contributed by atoms with Crippen molar-refractivity contribution >= 4 is 0 Å². The van der Waals surface area contributed by atoms with Crippen LogP contribution in [0.2, 0.25) is 0 Å². The number of aliphatic hydroxyl groups is 3. The average Bonchev–Trinajstić information content (AvgIpc) is 2.30. The van der Waals surface area contributed by atoms with Crippen molar-refractivity contribution in [3.8, 4) is 0 Å². The van der Waals surface area contributed by atoms with Gasteiger partial charge in [0.15, 0.2) is 0 Å². The summed E-state index contributed by atoms with van der Waals surface area (Å²) in [5, 5.41) is 29.8. The van der Waals surface area contributed by atoms with Gasteiger partial charge in [0, 0.05) is 7.11 Å². The van der Waals surface area contributed by atoms with Crippen molar-refractivity contribution < 1.29 is 20.1 Å². The number of nitrogens with one attached hydrogen (secondary N) is 1. The molecule has 0 aromatic rings. The second-order valence-corrected chi connectivity index (χ2v) is 2.59. The van der Waals surface area contributed by atoms with E-state index in [0.29, 0.717) is 0 Å². The Morgan fingerprint density at radius 3 is 2.27 bits per heavy atom. The highest BCUT2D eigenvalue weighted by Crippen LogP contribution is 2.13. The van der Waals surface area contributed by atoms with Crippen molar-refractivity contribution in [2.45, 2.75) is 24.5 Å². The molecule has 1 fully saturated rings. The number of hydrogen-bond acceptors (Lipinski definition) is 5. The molecule has 0 aliphatic carbocycles. The molecule has 5 heteroatoms. The van der Waals surface area contributed by atoms with E-state index in [2.05, 4.69) is 5.32 Å². The largest absolute Gasteiger partial charge is 0.395 e. The van der Waals surface area contributed by atoms with Crippen molar-refractivity contribution in [3.05, 3.63) is 0 Å². The third kappa shape index (κ3) is 1.52. The van der Waals surface area contributed by atoms with Crippen molar-refractivity contribution in [2.24, 2.45) is 0 Å². The highest BCUT2D eigenvalue weighted by molar-refractivity contribution is 4.93. The molecule has 4 atom stereocenters. The van der Waals surface area contributed by atoms with Gasteiger partial charge in [0.2, 0.25) is 0 Å². The third-order valence-electron chi connectivity index (χ3n) is 1.90. The Morgan fingerprint density at radius 2 is 2.00 bits per heavy atom. The fourth-order valence-electron chi connectivity index (χ4n) is 1.19. The van der Waals surface area contributed by atoms with E-state index in [-0.39, 0.29) is 6.61 Å². The summed E-state index contributed by atoms with van der Waals surface area (Å²) < 4.78 is 4.79. The summed E-state index contributed by atoms with van der Waals surface area (Å²) in [5.41, 5.74) is 0. The van der Waals surface area contributed by atoms with Gasteiger partial charge in [-0.25, -0.2) is 0 Å². The zero-order valence-corrected chi connectivity index (χ0v) is 6.27. The molecule has 1 rings (SSSR count).